The largest absolute Gasteiger partial charge is 0.497 e. The quantitative estimate of drug-likeness (QED) is 0.530. The number of methoxy groups -OCH3 is 1. The molecule has 174 valence electrons. The molecule has 2 aromatic carbocycles. The molecule has 8 nitrogen and oxygen atoms in total. The van der Waals surface area contributed by atoms with Crippen molar-refractivity contribution < 1.29 is 29.3 Å². The second kappa shape index (κ2) is 13.1. The van der Waals surface area contributed by atoms with Gasteiger partial charge < -0.3 is 20.3 Å². The lowest BCUT2D eigenvalue weighted by atomic mass is 9.97. The van der Waals surface area contributed by atoms with Gasteiger partial charge in [0.05, 0.1) is 13.2 Å². The lowest BCUT2D eigenvalue weighted by Crippen LogP contribution is -2.39. The summed E-state index contributed by atoms with van der Waals surface area (Å²) < 4.78 is 5.27. The Hall–Kier alpha value is -3.39. The topological polar surface area (TPSA) is 116 Å². The highest BCUT2D eigenvalue weighted by atomic mass is 16.5. The molecule has 2 aromatic rings. The minimum atomic E-state index is -1.82. The number of rotatable bonds is 8. The van der Waals surface area contributed by atoms with Gasteiger partial charge in [-0.15, -0.1) is 0 Å². The van der Waals surface area contributed by atoms with E-state index in [2.05, 4.69) is 25.2 Å². The molecule has 0 saturated heterocycles. The van der Waals surface area contributed by atoms with Crippen molar-refractivity contribution in [1.29, 1.82) is 0 Å². The molecule has 2 rings (SSSR count). The molecule has 0 heterocycles. The smallest absolute Gasteiger partial charge is 0.414 e. The van der Waals surface area contributed by atoms with Crippen LogP contribution >= 0.6 is 0 Å². The number of hydrogen-bond acceptors (Lipinski definition) is 5. The number of carboxylic acids is 2. The predicted molar refractivity (Wildman–Crippen MR) is 123 cm³/mol. The summed E-state index contributed by atoms with van der Waals surface area (Å²) in [6.45, 7) is 6.96. The van der Waals surface area contributed by atoms with Crippen molar-refractivity contribution in [1.82, 2.24) is 4.90 Å². The molecule has 0 radical (unpaired) electrons. The van der Waals surface area contributed by atoms with Gasteiger partial charge in [-0.1, -0.05) is 44.2 Å². The number of ether oxygens (including phenoxy) is 1. The highest BCUT2D eigenvalue weighted by Crippen LogP contribution is 2.26. The van der Waals surface area contributed by atoms with Crippen LogP contribution in [0.5, 0.6) is 5.75 Å². The first-order chi connectivity index (χ1) is 15.1. The summed E-state index contributed by atoms with van der Waals surface area (Å²) in [7, 11) is 3.62. The molecule has 0 aliphatic heterocycles. The maximum atomic E-state index is 12.8. The van der Waals surface area contributed by atoms with Crippen molar-refractivity contribution in [2.45, 2.75) is 45.7 Å². The number of likely N-dealkylation sites (N-methyl/N-ethyl adjacent to an activating group) is 1. The SMILES string of the molecule is CCC(C)c1ccccc1NC(=O)C(C)N(C)Cc1cccc(OC)c1.O=C(O)C(=O)O. The molecule has 1 amide bonds. The second-order valence-corrected chi connectivity index (χ2v) is 7.44. The molecule has 0 aromatic heterocycles. The lowest BCUT2D eigenvalue weighted by molar-refractivity contribution is -0.159. The fourth-order valence-electron chi connectivity index (χ4n) is 2.89. The molecular formula is C24H32N2O6. The van der Waals surface area contributed by atoms with Crippen LogP contribution in [-0.4, -0.2) is 53.2 Å². The Morgan fingerprint density at radius 3 is 2.22 bits per heavy atom. The molecule has 0 aliphatic rings. The molecule has 0 fully saturated rings. The van der Waals surface area contributed by atoms with Crippen molar-refractivity contribution in [3.05, 3.63) is 59.7 Å². The Bertz CT molecular complexity index is 903. The monoisotopic (exact) mass is 444 g/mol. The Balaban J connectivity index is 0.000000751. The van der Waals surface area contributed by atoms with Crippen molar-refractivity contribution in [2.24, 2.45) is 0 Å². The first kappa shape index (κ1) is 26.6. The van der Waals surface area contributed by atoms with Gasteiger partial charge >= 0.3 is 11.9 Å². The number of hydrogen-bond donors (Lipinski definition) is 3. The standard InChI is InChI=1S/C22H30N2O2.C2H2O4/c1-6-16(2)20-12-7-8-13-21(20)23-22(25)17(3)24(4)15-18-10-9-11-19(14-18)26-5;3-1(4)2(5)6/h7-14,16-17H,6,15H2,1-5H3,(H,23,25);(H,3,4)(H,5,6). The first-order valence-electron chi connectivity index (χ1n) is 10.3. The minimum absolute atomic E-state index is 0.00569. The number of benzene rings is 2. The third-order valence-electron chi connectivity index (χ3n) is 5.15. The van der Waals surface area contributed by atoms with E-state index in [1.54, 1.807) is 7.11 Å². The average molecular weight is 445 g/mol. The number of nitrogens with one attached hydrogen (secondary N) is 1. The summed E-state index contributed by atoms with van der Waals surface area (Å²) in [5, 5.41) is 17.9. The van der Waals surface area contributed by atoms with Crippen molar-refractivity contribution in [3.8, 4) is 5.75 Å². The number of carboxylic acid groups (broad SMARTS) is 2. The third kappa shape index (κ3) is 8.39. The molecule has 2 atom stereocenters. The molecule has 0 bridgehead atoms. The van der Waals surface area contributed by atoms with Gasteiger partial charge in [0.15, 0.2) is 0 Å². The summed E-state index contributed by atoms with van der Waals surface area (Å²) in [5.74, 6) is -2.40. The van der Waals surface area contributed by atoms with Crippen molar-refractivity contribution in [3.63, 3.8) is 0 Å². The van der Waals surface area contributed by atoms with Crippen molar-refractivity contribution in [2.75, 3.05) is 19.5 Å². The number of carbonyl (C=O) groups excluding carboxylic acids is 1. The van der Waals surface area contributed by atoms with E-state index in [0.29, 0.717) is 12.5 Å². The van der Waals surface area contributed by atoms with Crippen LogP contribution < -0.4 is 10.1 Å². The van der Waals surface area contributed by atoms with Gasteiger partial charge in [0.1, 0.15) is 5.75 Å². The highest BCUT2D eigenvalue weighted by molar-refractivity contribution is 6.27. The summed E-state index contributed by atoms with van der Waals surface area (Å²) in [4.78, 5) is 33.0. The van der Waals surface area contributed by atoms with Crippen LogP contribution in [0.15, 0.2) is 48.5 Å². The van der Waals surface area contributed by atoms with E-state index in [-0.39, 0.29) is 11.9 Å². The van der Waals surface area contributed by atoms with Crippen LogP contribution in [0.3, 0.4) is 0 Å². The van der Waals surface area contributed by atoms with E-state index in [9.17, 15) is 4.79 Å². The number of anilines is 1. The normalized spacial score (nSPS) is 12.2. The van der Waals surface area contributed by atoms with Gasteiger partial charge in [-0.05, 0) is 55.6 Å². The van der Waals surface area contributed by atoms with E-state index >= 15 is 0 Å². The van der Waals surface area contributed by atoms with Crippen LogP contribution in [0.4, 0.5) is 5.69 Å². The Kier molecular flexibility index (Phi) is 10.9. The molecule has 2 unspecified atom stereocenters. The fraction of sp³-hybridized carbons (Fsp3) is 0.375. The lowest BCUT2D eigenvalue weighted by Gasteiger charge is -2.25. The van der Waals surface area contributed by atoms with Crippen LogP contribution in [0.2, 0.25) is 0 Å². The summed E-state index contributed by atoms with van der Waals surface area (Å²) in [5.41, 5.74) is 3.21. The molecule has 3 N–H and O–H groups in total. The van der Waals surface area contributed by atoms with E-state index < -0.39 is 11.9 Å². The Labute approximate surface area is 188 Å². The zero-order valence-electron chi connectivity index (χ0n) is 19.2. The van der Waals surface area contributed by atoms with Crippen LogP contribution in [0, 0.1) is 0 Å². The van der Waals surface area contributed by atoms with Gasteiger partial charge in [-0.3, -0.25) is 9.69 Å². The molecule has 0 saturated carbocycles. The van der Waals surface area contributed by atoms with Crippen LogP contribution in [-0.2, 0) is 20.9 Å². The molecular weight excluding hydrogens is 412 g/mol. The van der Waals surface area contributed by atoms with Crippen LogP contribution in [0.1, 0.15) is 44.2 Å². The Morgan fingerprint density at radius 2 is 1.66 bits per heavy atom. The molecule has 0 spiro atoms. The van der Waals surface area contributed by atoms with Gasteiger partial charge in [-0.25, -0.2) is 9.59 Å². The molecule has 32 heavy (non-hydrogen) atoms. The van der Waals surface area contributed by atoms with Gasteiger partial charge in [0.25, 0.3) is 0 Å². The average Bonchev–Trinajstić information content (AvgIpc) is 2.78. The van der Waals surface area contributed by atoms with Gasteiger partial charge in [-0.2, -0.15) is 0 Å². The number of para-hydroxylation sites is 1. The maximum absolute atomic E-state index is 12.8. The van der Waals surface area contributed by atoms with Gasteiger partial charge in [0, 0.05) is 12.2 Å². The zero-order chi connectivity index (χ0) is 24.3. The van der Waals surface area contributed by atoms with E-state index in [1.165, 1.54) is 5.56 Å². The highest BCUT2D eigenvalue weighted by Gasteiger charge is 2.20. The zero-order valence-corrected chi connectivity index (χ0v) is 19.2. The molecule has 0 aliphatic carbocycles. The van der Waals surface area contributed by atoms with Gasteiger partial charge in [0.2, 0.25) is 5.91 Å². The van der Waals surface area contributed by atoms with E-state index in [4.69, 9.17) is 24.5 Å². The van der Waals surface area contributed by atoms with Crippen LogP contribution in [0.25, 0.3) is 0 Å². The summed E-state index contributed by atoms with van der Waals surface area (Å²) >= 11 is 0. The number of amides is 1. The van der Waals surface area contributed by atoms with E-state index in [0.717, 1.165) is 23.4 Å². The fourth-order valence-corrected chi connectivity index (χ4v) is 2.89. The second-order valence-electron chi connectivity index (χ2n) is 7.44. The maximum Gasteiger partial charge on any atom is 0.414 e. The summed E-state index contributed by atoms with van der Waals surface area (Å²) in [6, 6.07) is 15.7. The molecule has 8 heteroatoms. The Morgan fingerprint density at radius 1 is 1.03 bits per heavy atom. The first-order valence-corrected chi connectivity index (χ1v) is 10.3. The minimum Gasteiger partial charge on any atom is -0.497 e. The predicted octanol–water partition coefficient (Wildman–Crippen LogP) is 3.82. The summed E-state index contributed by atoms with van der Waals surface area (Å²) in [6.07, 6.45) is 1.04. The third-order valence-corrected chi connectivity index (χ3v) is 5.15. The number of nitrogens with zero attached hydrogens (tertiary/aromatic N) is 1. The van der Waals surface area contributed by atoms with E-state index in [1.807, 2.05) is 61.3 Å². The number of carbonyl (C=O) groups is 3. The van der Waals surface area contributed by atoms with Crippen molar-refractivity contribution >= 4 is 23.5 Å². The number of aliphatic carboxylic acids is 2.